The number of aromatic amines is 1. The molecule has 1 aliphatic rings. The SMILES string of the molecule is CCNCC1CCN(C(=O)c2ccc3c(=O)n(CC)c(=O)[nH]c3c2)CC1. The van der Waals surface area contributed by atoms with Crippen molar-refractivity contribution in [3.8, 4) is 0 Å². The van der Waals surface area contributed by atoms with Crippen LogP contribution in [0.3, 0.4) is 0 Å². The third-order valence-electron chi connectivity index (χ3n) is 5.13. The molecule has 140 valence electrons. The van der Waals surface area contributed by atoms with Crippen molar-refractivity contribution in [2.24, 2.45) is 5.92 Å². The highest BCUT2D eigenvalue weighted by Gasteiger charge is 2.23. The minimum absolute atomic E-state index is 0.0469. The van der Waals surface area contributed by atoms with Crippen LogP contribution >= 0.6 is 0 Å². The lowest BCUT2D eigenvalue weighted by atomic mass is 9.96. The highest BCUT2D eigenvalue weighted by atomic mass is 16.2. The molecule has 0 saturated carbocycles. The van der Waals surface area contributed by atoms with Crippen LogP contribution in [0.2, 0.25) is 0 Å². The maximum Gasteiger partial charge on any atom is 0.328 e. The number of H-pyrrole nitrogens is 1. The van der Waals surface area contributed by atoms with E-state index in [9.17, 15) is 14.4 Å². The number of hydrogen-bond acceptors (Lipinski definition) is 4. The first-order valence-corrected chi connectivity index (χ1v) is 9.32. The standard InChI is InChI=1S/C19H26N4O3/c1-3-20-12-13-7-9-22(10-8-13)17(24)14-5-6-15-16(11-14)21-19(26)23(4-2)18(15)25/h5-6,11,13,20H,3-4,7-10,12H2,1-2H3,(H,21,26). The molecule has 1 aromatic carbocycles. The summed E-state index contributed by atoms with van der Waals surface area (Å²) in [6, 6.07) is 4.92. The zero-order valence-corrected chi connectivity index (χ0v) is 15.4. The van der Waals surface area contributed by atoms with Crippen LogP contribution in [-0.2, 0) is 6.54 Å². The van der Waals surface area contributed by atoms with Gasteiger partial charge in [-0.15, -0.1) is 0 Å². The topological polar surface area (TPSA) is 87.2 Å². The zero-order chi connectivity index (χ0) is 18.7. The molecule has 0 bridgehead atoms. The summed E-state index contributed by atoms with van der Waals surface area (Å²) < 4.78 is 1.15. The van der Waals surface area contributed by atoms with Gasteiger partial charge in [0.25, 0.3) is 11.5 Å². The number of likely N-dealkylation sites (tertiary alicyclic amines) is 1. The smallest absolute Gasteiger partial charge is 0.328 e. The van der Waals surface area contributed by atoms with E-state index in [1.54, 1.807) is 25.1 Å². The van der Waals surface area contributed by atoms with Gasteiger partial charge in [-0.25, -0.2) is 4.79 Å². The van der Waals surface area contributed by atoms with Crippen molar-refractivity contribution in [2.75, 3.05) is 26.2 Å². The Kier molecular flexibility index (Phi) is 5.56. The van der Waals surface area contributed by atoms with Gasteiger partial charge in [0.05, 0.1) is 10.9 Å². The molecule has 7 heteroatoms. The fraction of sp³-hybridized carbons (Fsp3) is 0.526. The highest BCUT2D eigenvalue weighted by molar-refractivity contribution is 5.97. The summed E-state index contributed by atoms with van der Waals surface area (Å²) in [5.74, 6) is 0.564. The van der Waals surface area contributed by atoms with E-state index in [-0.39, 0.29) is 11.5 Å². The number of piperidine rings is 1. The normalized spacial score (nSPS) is 15.5. The molecular weight excluding hydrogens is 332 g/mol. The van der Waals surface area contributed by atoms with Crippen molar-refractivity contribution < 1.29 is 4.79 Å². The van der Waals surface area contributed by atoms with Gasteiger partial charge in [0.15, 0.2) is 0 Å². The summed E-state index contributed by atoms with van der Waals surface area (Å²) >= 11 is 0. The van der Waals surface area contributed by atoms with Crippen LogP contribution < -0.4 is 16.6 Å². The number of benzene rings is 1. The van der Waals surface area contributed by atoms with Crippen LogP contribution in [0, 0.1) is 5.92 Å². The molecule has 0 unspecified atom stereocenters. The summed E-state index contributed by atoms with van der Waals surface area (Å²) in [4.78, 5) is 41.7. The second-order valence-corrected chi connectivity index (χ2v) is 6.78. The average Bonchev–Trinajstić information content (AvgIpc) is 2.66. The van der Waals surface area contributed by atoms with Gasteiger partial charge >= 0.3 is 5.69 Å². The van der Waals surface area contributed by atoms with Crippen molar-refractivity contribution in [1.29, 1.82) is 0 Å². The van der Waals surface area contributed by atoms with Crippen molar-refractivity contribution in [3.05, 3.63) is 44.6 Å². The van der Waals surface area contributed by atoms with Crippen LogP contribution in [0.15, 0.2) is 27.8 Å². The average molecular weight is 358 g/mol. The number of nitrogens with zero attached hydrogens (tertiary/aromatic N) is 2. The van der Waals surface area contributed by atoms with E-state index >= 15 is 0 Å². The molecular formula is C19H26N4O3. The van der Waals surface area contributed by atoms with Gasteiger partial charge in [-0.1, -0.05) is 6.92 Å². The first-order chi connectivity index (χ1) is 12.5. The predicted molar refractivity (Wildman–Crippen MR) is 102 cm³/mol. The number of aromatic nitrogens is 2. The minimum Gasteiger partial charge on any atom is -0.339 e. The number of hydrogen-bond donors (Lipinski definition) is 2. The number of fused-ring (bicyclic) bond motifs is 1. The van der Waals surface area contributed by atoms with Crippen molar-refractivity contribution in [1.82, 2.24) is 19.8 Å². The van der Waals surface area contributed by atoms with Crippen molar-refractivity contribution in [2.45, 2.75) is 33.2 Å². The Morgan fingerprint density at radius 3 is 2.62 bits per heavy atom. The fourth-order valence-electron chi connectivity index (χ4n) is 3.55. The largest absolute Gasteiger partial charge is 0.339 e. The number of rotatable bonds is 5. The third-order valence-corrected chi connectivity index (χ3v) is 5.13. The number of carbonyl (C=O) groups is 1. The highest BCUT2D eigenvalue weighted by Crippen LogP contribution is 2.19. The third kappa shape index (κ3) is 3.58. The van der Waals surface area contributed by atoms with Gasteiger partial charge in [0, 0.05) is 25.2 Å². The van der Waals surface area contributed by atoms with Gasteiger partial charge < -0.3 is 15.2 Å². The summed E-state index contributed by atoms with van der Waals surface area (Å²) in [6.45, 7) is 7.60. The zero-order valence-electron chi connectivity index (χ0n) is 15.4. The number of nitrogens with one attached hydrogen (secondary N) is 2. The van der Waals surface area contributed by atoms with Gasteiger partial charge in [0.1, 0.15) is 0 Å². The van der Waals surface area contributed by atoms with Crippen LogP contribution in [0.4, 0.5) is 0 Å². The quantitative estimate of drug-likeness (QED) is 0.840. The summed E-state index contributed by atoms with van der Waals surface area (Å²) in [5, 5.41) is 3.79. The Bertz CT molecular complexity index is 907. The van der Waals surface area contributed by atoms with Crippen molar-refractivity contribution >= 4 is 16.8 Å². The van der Waals surface area contributed by atoms with Gasteiger partial charge in [-0.2, -0.15) is 0 Å². The number of amides is 1. The molecule has 0 radical (unpaired) electrons. The van der Waals surface area contributed by atoms with Gasteiger partial charge in [-0.3, -0.25) is 14.2 Å². The summed E-state index contributed by atoms with van der Waals surface area (Å²) in [6.07, 6.45) is 1.98. The molecule has 1 amide bonds. The molecule has 1 aromatic heterocycles. The molecule has 2 heterocycles. The fourth-order valence-corrected chi connectivity index (χ4v) is 3.55. The molecule has 0 spiro atoms. The van der Waals surface area contributed by atoms with Gasteiger partial charge in [0.2, 0.25) is 0 Å². The van der Waals surface area contributed by atoms with Crippen LogP contribution in [0.25, 0.3) is 10.9 Å². The molecule has 1 fully saturated rings. The molecule has 0 aliphatic carbocycles. The van der Waals surface area contributed by atoms with Gasteiger partial charge in [-0.05, 0) is 57.0 Å². The van der Waals surface area contributed by atoms with Crippen LogP contribution in [-0.4, -0.2) is 46.5 Å². The molecule has 2 aromatic rings. The predicted octanol–water partition coefficient (Wildman–Crippen LogP) is 1.17. The molecule has 26 heavy (non-hydrogen) atoms. The van der Waals surface area contributed by atoms with Crippen LogP contribution in [0.1, 0.15) is 37.0 Å². The molecule has 1 aliphatic heterocycles. The Morgan fingerprint density at radius 2 is 1.96 bits per heavy atom. The molecule has 7 nitrogen and oxygen atoms in total. The molecule has 1 saturated heterocycles. The Hall–Kier alpha value is -2.41. The Balaban J connectivity index is 1.79. The van der Waals surface area contributed by atoms with Crippen molar-refractivity contribution in [3.63, 3.8) is 0 Å². The molecule has 0 atom stereocenters. The number of carbonyl (C=O) groups excluding carboxylic acids is 1. The second kappa shape index (κ2) is 7.86. The van der Waals surface area contributed by atoms with E-state index in [1.807, 2.05) is 4.90 Å². The second-order valence-electron chi connectivity index (χ2n) is 6.78. The monoisotopic (exact) mass is 358 g/mol. The molecule has 3 rings (SSSR count). The van der Waals surface area contributed by atoms with E-state index in [0.717, 1.165) is 43.6 Å². The summed E-state index contributed by atoms with van der Waals surface area (Å²) in [5.41, 5.74) is 0.151. The maximum absolute atomic E-state index is 12.8. The Labute approximate surface area is 152 Å². The van der Waals surface area contributed by atoms with Crippen LogP contribution in [0.5, 0.6) is 0 Å². The summed E-state index contributed by atoms with van der Waals surface area (Å²) in [7, 11) is 0. The molecule has 2 N–H and O–H groups in total. The van der Waals surface area contributed by atoms with E-state index in [4.69, 9.17) is 0 Å². The lowest BCUT2D eigenvalue weighted by molar-refractivity contribution is 0.0690. The van der Waals surface area contributed by atoms with E-state index in [0.29, 0.717) is 28.9 Å². The lowest BCUT2D eigenvalue weighted by Crippen LogP contribution is -2.40. The maximum atomic E-state index is 12.8. The van der Waals surface area contributed by atoms with E-state index in [2.05, 4.69) is 17.2 Å². The van der Waals surface area contributed by atoms with E-state index in [1.165, 1.54) is 0 Å². The Morgan fingerprint density at radius 1 is 1.23 bits per heavy atom. The van der Waals surface area contributed by atoms with E-state index < -0.39 is 5.69 Å². The first-order valence-electron chi connectivity index (χ1n) is 9.32. The lowest BCUT2D eigenvalue weighted by Gasteiger charge is -2.32. The first kappa shape index (κ1) is 18.4. The minimum atomic E-state index is -0.446.